The maximum Gasteiger partial charge on any atom is 0.102 e. The Labute approximate surface area is 54.1 Å². The molecule has 9 heavy (non-hydrogen) atoms. The van der Waals surface area contributed by atoms with E-state index in [1.54, 1.807) is 0 Å². The molecule has 1 saturated heterocycles. The van der Waals surface area contributed by atoms with Crippen molar-refractivity contribution in [3.63, 3.8) is 0 Å². The van der Waals surface area contributed by atoms with E-state index in [4.69, 9.17) is 4.74 Å². The Morgan fingerprint density at radius 3 is 3.00 bits per heavy atom. The minimum Gasteiger partial charge on any atom is -0.390 e. The Morgan fingerprint density at radius 1 is 1.33 bits per heavy atom. The molecule has 2 aliphatic heterocycles. The molecular formula is C7H10O2. The maximum atomic E-state index is 9.22. The van der Waals surface area contributed by atoms with Crippen LogP contribution in [-0.2, 0) is 4.74 Å². The largest absolute Gasteiger partial charge is 0.390 e. The molecule has 0 unspecified atom stereocenters. The Hall–Kier alpha value is -0.340. The van der Waals surface area contributed by atoms with Gasteiger partial charge in [-0.25, -0.2) is 0 Å². The summed E-state index contributed by atoms with van der Waals surface area (Å²) in [5, 5.41) is 9.22. The molecule has 1 fully saturated rings. The summed E-state index contributed by atoms with van der Waals surface area (Å²) in [4.78, 5) is 0. The van der Waals surface area contributed by atoms with Crippen molar-refractivity contribution in [2.75, 3.05) is 0 Å². The fraction of sp³-hybridized carbons (Fsp3) is 0.714. The van der Waals surface area contributed by atoms with Gasteiger partial charge >= 0.3 is 0 Å². The van der Waals surface area contributed by atoms with Crippen molar-refractivity contribution >= 4 is 0 Å². The molecule has 2 heterocycles. The van der Waals surface area contributed by atoms with Crippen LogP contribution in [0.25, 0.3) is 0 Å². The van der Waals surface area contributed by atoms with Crippen molar-refractivity contribution < 1.29 is 9.84 Å². The minimum atomic E-state index is -0.250. The zero-order valence-electron chi connectivity index (χ0n) is 5.16. The number of fused-ring (bicyclic) bond motifs is 2. The molecule has 2 nitrogen and oxygen atoms in total. The topological polar surface area (TPSA) is 29.5 Å². The first-order valence-corrected chi connectivity index (χ1v) is 3.38. The molecule has 0 amide bonds. The van der Waals surface area contributed by atoms with Gasteiger partial charge in [-0.3, -0.25) is 0 Å². The third-order valence-corrected chi connectivity index (χ3v) is 1.97. The zero-order valence-corrected chi connectivity index (χ0v) is 5.16. The lowest BCUT2D eigenvalue weighted by Gasteiger charge is -2.24. The van der Waals surface area contributed by atoms with Gasteiger partial charge in [0.1, 0.15) is 6.10 Å². The predicted octanol–water partition coefficient (Wildman–Crippen LogP) is 0.465. The van der Waals surface area contributed by atoms with Crippen molar-refractivity contribution in [3.05, 3.63) is 12.2 Å². The Balaban J connectivity index is 2.14. The zero-order chi connectivity index (χ0) is 6.27. The van der Waals surface area contributed by atoms with Crippen LogP contribution < -0.4 is 0 Å². The molecule has 3 atom stereocenters. The summed E-state index contributed by atoms with van der Waals surface area (Å²) in [5.41, 5.74) is 0. The van der Waals surface area contributed by atoms with Crippen molar-refractivity contribution in [2.24, 2.45) is 0 Å². The molecule has 2 heteroatoms. The Bertz CT molecular complexity index is 142. The van der Waals surface area contributed by atoms with E-state index in [0.29, 0.717) is 6.10 Å². The van der Waals surface area contributed by atoms with E-state index in [2.05, 4.69) is 0 Å². The lowest BCUT2D eigenvalue weighted by atomic mass is 10.1. The standard InChI is InChI=1S/C7H10O2/c8-6-3-1-5-2-4-7(6)9-5/h2,4-8H,1,3H2/t5-,6+,7-/m1/s1. The summed E-state index contributed by atoms with van der Waals surface area (Å²) < 4.78 is 5.35. The molecule has 0 spiro atoms. The van der Waals surface area contributed by atoms with Gasteiger partial charge < -0.3 is 9.84 Å². The lowest BCUT2D eigenvalue weighted by molar-refractivity contribution is -0.0627. The van der Waals surface area contributed by atoms with Gasteiger partial charge in [-0.05, 0) is 12.8 Å². The van der Waals surface area contributed by atoms with Gasteiger partial charge in [-0.15, -0.1) is 0 Å². The molecule has 0 aromatic rings. The highest BCUT2D eigenvalue weighted by Gasteiger charge is 2.30. The van der Waals surface area contributed by atoms with Crippen LogP contribution in [0.5, 0.6) is 0 Å². The van der Waals surface area contributed by atoms with Gasteiger partial charge in [0, 0.05) is 0 Å². The van der Waals surface area contributed by atoms with Crippen molar-refractivity contribution in [3.8, 4) is 0 Å². The number of aliphatic hydroxyl groups excluding tert-OH is 1. The van der Waals surface area contributed by atoms with Gasteiger partial charge in [0.2, 0.25) is 0 Å². The summed E-state index contributed by atoms with van der Waals surface area (Å²) in [5.74, 6) is 0. The number of rotatable bonds is 0. The van der Waals surface area contributed by atoms with Crippen LogP contribution >= 0.6 is 0 Å². The van der Waals surface area contributed by atoms with Crippen LogP contribution in [0, 0.1) is 0 Å². The normalized spacial score (nSPS) is 47.9. The molecule has 0 radical (unpaired) electrons. The van der Waals surface area contributed by atoms with Crippen molar-refractivity contribution in [2.45, 2.75) is 31.2 Å². The first-order valence-electron chi connectivity index (χ1n) is 3.38. The summed E-state index contributed by atoms with van der Waals surface area (Å²) in [6, 6.07) is 0. The number of aliphatic hydroxyl groups is 1. The first kappa shape index (κ1) is 5.45. The second-order valence-electron chi connectivity index (χ2n) is 2.67. The van der Waals surface area contributed by atoms with Gasteiger partial charge in [0.05, 0.1) is 12.2 Å². The predicted molar refractivity (Wildman–Crippen MR) is 33.0 cm³/mol. The second kappa shape index (κ2) is 1.82. The quantitative estimate of drug-likeness (QED) is 0.478. The van der Waals surface area contributed by atoms with Gasteiger partial charge in [-0.1, -0.05) is 12.2 Å². The molecule has 0 aromatic carbocycles. The smallest absolute Gasteiger partial charge is 0.102 e. The van der Waals surface area contributed by atoms with E-state index in [9.17, 15) is 5.11 Å². The van der Waals surface area contributed by atoms with Crippen molar-refractivity contribution in [1.82, 2.24) is 0 Å². The molecule has 2 bridgehead atoms. The third kappa shape index (κ3) is 0.787. The Kier molecular flexibility index (Phi) is 1.10. The number of ether oxygens (including phenoxy) is 1. The molecule has 0 aromatic heterocycles. The van der Waals surface area contributed by atoms with Crippen LogP contribution in [0.15, 0.2) is 12.2 Å². The molecule has 2 aliphatic rings. The maximum absolute atomic E-state index is 9.22. The molecule has 0 saturated carbocycles. The average molecular weight is 126 g/mol. The molecule has 1 N–H and O–H groups in total. The SMILES string of the molecule is O[C@H]1CC[C@@H]2C=C[C@H]1O2. The molecule has 0 aliphatic carbocycles. The van der Waals surface area contributed by atoms with Gasteiger partial charge in [-0.2, -0.15) is 0 Å². The average Bonchev–Trinajstić information content (AvgIpc) is 2.25. The van der Waals surface area contributed by atoms with E-state index in [1.807, 2.05) is 12.2 Å². The number of hydrogen-bond donors (Lipinski definition) is 1. The third-order valence-electron chi connectivity index (χ3n) is 1.97. The summed E-state index contributed by atoms with van der Waals surface area (Å²) >= 11 is 0. The van der Waals surface area contributed by atoms with Crippen LogP contribution in [0.2, 0.25) is 0 Å². The van der Waals surface area contributed by atoms with Crippen LogP contribution in [0.1, 0.15) is 12.8 Å². The lowest BCUT2D eigenvalue weighted by Crippen LogP contribution is -2.32. The van der Waals surface area contributed by atoms with Crippen molar-refractivity contribution in [1.29, 1.82) is 0 Å². The summed E-state index contributed by atoms with van der Waals surface area (Å²) in [6.45, 7) is 0. The fourth-order valence-corrected chi connectivity index (χ4v) is 1.41. The van der Waals surface area contributed by atoms with E-state index in [0.717, 1.165) is 12.8 Å². The van der Waals surface area contributed by atoms with Crippen LogP contribution in [-0.4, -0.2) is 23.4 Å². The summed E-state index contributed by atoms with van der Waals surface area (Å²) in [7, 11) is 0. The van der Waals surface area contributed by atoms with E-state index in [-0.39, 0.29) is 12.2 Å². The van der Waals surface area contributed by atoms with Gasteiger partial charge in [0.25, 0.3) is 0 Å². The van der Waals surface area contributed by atoms with E-state index < -0.39 is 0 Å². The fourth-order valence-electron chi connectivity index (χ4n) is 1.41. The Morgan fingerprint density at radius 2 is 2.22 bits per heavy atom. The minimum absolute atomic E-state index is 0.00347. The second-order valence-corrected chi connectivity index (χ2v) is 2.67. The highest BCUT2D eigenvalue weighted by Crippen LogP contribution is 2.26. The molecule has 2 rings (SSSR count). The first-order chi connectivity index (χ1) is 4.36. The monoisotopic (exact) mass is 126 g/mol. The highest BCUT2D eigenvalue weighted by atomic mass is 16.5. The van der Waals surface area contributed by atoms with Crippen LogP contribution in [0.3, 0.4) is 0 Å². The van der Waals surface area contributed by atoms with E-state index in [1.165, 1.54) is 0 Å². The highest BCUT2D eigenvalue weighted by molar-refractivity contribution is 5.07. The van der Waals surface area contributed by atoms with Gasteiger partial charge in [0.15, 0.2) is 0 Å². The van der Waals surface area contributed by atoms with E-state index >= 15 is 0 Å². The molecular weight excluding hydrogens is 116 g/mol. The van der Waals surface area contributed by atoms with Crippen LogP contribution in [0.4, 0.5) is 0 Å². The summed E-state index contributed by atoms with van der Waals surface area (Å²) in [6.07, 6.45) is 5.93. The molecule has 50 valence electrons. The number of hydrogen-bond acceptors (Lipinski definition) is 2.